The maximum absolute atomic E-state index is 6.07. The summed E-state index contributed by atoms with van der Waals surface area (Å²) in [6.45, 7) is 5.66. The van der Waals surface area contributed by atoms with Gasteiger partial charge in [0.05, 0.1) is 22.4 Å². The molecule has 0 bridgehead atoms. The molecular formula is C21H24N4. The number of aromatic nitrogens is 2. The molecule has 1 aromatic heterocycles. The Hall–Kier alpha value is -2.30. The molecule has 3 aromatic rings. The number of rotatable bonds is 4. The second-order valence-electron chi connectivity index (χ2n) is 6.95. The normalized spacial score (nSPS) is 21.0. The fraction of sp³-hybridized carbons (Fsp3) is 0.333. The van der Waals surface area contributed by atoms with Crippen LogP contribution in [0.5, 0.6) is 0 Å². The Kier molecular flexibility index (Phi) is 4.47. The molecule has 0 unspecified atom stereocenters. The second-order valence-corrected chi connectivity index (χ2v) is 6.95. The number of aryl methyl sites for hydroxylation is 1. The number of nitrogens with zero attached hydrogens (tertiary/aromatic N) is 3. The van der Waals surface area contributed by atoms with E-state index in [9.17, 15) is 0 Å². The summed E-state index contributed by atoms with van der Waals surface area (Å²) in [4.78, 5) is 12.0. The van der Waals surface area contributed by atoms with E-state index in [1.807, 2.05) is 24.3 Å². The van der Waals surface area contributed by atoms with Crippen molar-refractivity contribution in [1.29, 1.82) is 0 Å². The van der Waals surface area contributed by atoms with Gasteiger partial charge in [0, 0.05) is 25.6 Å². The fourth-order valence-electron chi connectivity index (χ4n) is 3.89. The van der Waals surface area contributed by atoms with Gasteiger partial charge in [-0.3, -0.25) is 4.90 Å². The first-order chi connectivity index (χ1) is 12.2. The Morgan fingerprint density at radius 1 is 0.960 bits per heavy atom. The number of likely N-dealkylation sites (tertiary alicyclic amines) is 1. The Morgan fingerprint density at radius 2 is 1.64 bits per heavy atom. The zero-order valence-electron chi connectivity index (χ0n) is 14.6. The second kappa shape index (κ2) is 6.90. The van der Waals surface area contributed by atoms with Crippen LogP contribution in [-0.4, -0.2) is 34.5 Å². The monoisotopic (exact) mass is 332 g/mol. The average molecular weight is 332 g/mol. The quantitative estimate of drug-likeness (QED) is 0.797. The van der Waals surface area contributed by atoms with E-state index < -0.39 is 0 Å². The first-order valence-corrected chi connectivity index (χ1v) is 8.94. The number of hydrogen-bond donors (Lipinski definition) is 1. The number of benzene rings is 2. The third-order valence-corrected chi connectivity index (χ3v) is 5.26. The van der Waals surface area contributed by atoms with Crippen LogP contribution in [0.15, 0.2) is 54.6 Å². The van der Waals surface area contributed by atoms with Gasteiger partial charge in [0.15, 0.2) is 0 Å². The van der Waals surface area contributed by atoms with Crippen molar-refractivity contribution in [3.63, 3.8) is 0 Å². The highest BCUT2D eigenvalue weighted by molar-refractivity contribution is 5.74. The molecule has 4 rings (SSSR count). The van der Waals surface area contributed by atoms with E-state index in [2.05, 4.69) is 42.2 Å². The predicted molar refractivity (Wildman–Crippen MR) is 101 cm³/mol. The summed E-state index contributed by atoms with van der Waals surface area (Å²) in [5, 5.41) is 0. The lowest BCUT2D eigenvalue weighted by molar-refractivity contribution is 0.312. The molecule has 4 heteroatoms. The zero-order valence-corrected chi connectivity index (χ0v) is 14.6. The van der Waals surface area contributed by atoms with Crippen molar-refractivity contribution in [2.45, 2.75) is 19.4 Å². The molecular weight excluding hydrogens is 308 g/mol. The molecule has 0 aliphatic carbocycles. The van der Waals surface area contributed by atoms with Crippen LogP contribution in [-0.2, 0) is 6.54 Å². The van der Waals surface area contributed by atoms with Gasteiger partial charge in [-0.1, -0.05) is 42.5 Å². The van der Waals surface area contributed by atoms with E-state index in [1.54, 1.807) is 0 Å². The molecule has 1 aliphatic rings. The third kappa shape index (κ3) is 3.28. The minimum atomic E-state index is 0.496. The number of hydrogen-bond acceptors (Lipinski definition) is 4. The van der Waals surface area contributed by atoms with Gasteiger partial charge in [-0.15, -0.1) is 0 Å². The SMILES string of the molecule is Cc1nc2ccccc2nc1CN1C[C@@H](CN)[C@H](c2ccccc2)C1. The summed E-state index contributed by atoms with van der Waals surface area (Å²) in [5.74, 6) is 0.996. The van der Waals surface area contributed by atoms with Crippen molar-refractivity contribution in [1.82, 2.24) is 14.9 Å². The van der Waals surface area contributed by atoms with Crippen LogP contribution < -0.4 is 5.73 Å². The van der Waals surface area contributed by atoms with E-state index in [0.717, 1.165) is 48.6 Å². The zero-order chi connectivity index (χ0) is 17.2. The van der Waals surface area contributed by atoms with E-state index in [1.165, 1.54) is 5.56 Å². The van der Waals surface area contributed by atoms with Crippen LogP contribution in [0.2, 0.25) is 0 Å². The molecule has 128 valence electrons. The van der Waals surface area contributed by atoms with Gasteiger partial charge in [-0.2, -0.15) is 0 Å². The minimum Gasteiger partial charge on any atom is -0.330 e. The standard InChI is InChI=1S/C21H24N4/c1-15-21(24-20-10-6-5-9-19(20)23-15)14-25-12-17(11-22)18(13-25)16-7-3-2-4-8-16/h2-10,17-18H,11-14,22H2,1H3/t17-,18+/m1/s1. The van der Waals surface area contributed by atoms with Crippen LogP contribution in [0.25, 0.3) is 11.0 Å². The van der Waals surface area contributed by atoms with E-state index in [4.69, 9.17) is 15.7 Å². The van der Waals surface area contributed by atoms with Gasteiger partial charge >= 0.3 is 0 Å². The van der Waals surface area contributed by atoms with E-state index in [-0.39, 0.29) is 0 Å². The van der Waals surface area contributed by atoms with Crippen LogP contribution in [0.4, 0.5) is 0 Å². The Balaban J connectivity index is 1.56. The molecule has 0 radical (unpaired) electrons. The summed E-state index contributed by atoms with van der Waals surface area (Å²) in [6, 6.07) is 18.8. The van der Waals surface area contributed by atoms with Gasteiger partial charge in [-0.25, -0.2) is 9.97 Å². The van der Waals surface area contributed by atoms with Crippen molar-refractivity contribution in [2.24, 2.45) is 11.7 Å². The Morgan fingerprint density at radius 3 is 2.36 bits per heavy atom. The van der Waals surface area contributed by atoms with Crippen LogP contribution in [0, 0.1) is 12.8 Å². The lowest BCUT2D eigenvalue weighted by Gasteiger charge is -2.17. The molecule has 2 N–H and O–H groups in total. The van der Waals surface area contributed by atoms with Crippen molar-refractivity contribution in [3.05, 3.63) is 71.5 Å². The van der Waals surface area contributed by atoms with Gasteiger partial charge in [-0.05, 0) is 37.1 Å². The van der Waals surface area contributed by atoms with Crippen molar-refractivity contribution < 1.29 is 0 Å². The summed E-state index contributed by atoms with van der Waals surface area (Å²) in [6.07, 6.45) is 0. The molecule has 0 spiro atoms. The highest BCUT2D eigenvalue weighted by Crippen LogP contribution is 2.32. The maximum atomic E-state index is 6.07. The predicted octanol–water partition coefficient (Wildman–Crippen LogP) is 3.11. The summed E-state index contributed by atoms with van der Waals surface area (Å²) < 4.78 is 0. The van der Waals surface area contributed by atoms with Crippen molar-refractivity contribution >= 4 is 11.0 Å². The molecule has 2 aromatic carbocycles. The highest BCUT2D eigenvalue weighted by atomic mass is 15.2. The maximum Gasteiger partial charge on any atom is 0.0890 e. The Labute approximate surface area is 148 Å². The minimum absolute atomic E-state index is 0.496. The average Bonchev–Trinajstić information content (AvgIpc) is 3.06. The molecule has 2 atom stereocenters. The van der Waals surface area contributed by atoms with Crippen LogP contribution >= 0.6 is 0 Å². The Bertz CT molecular complexity index is 862. The summed E-state index contributed by atoms with van der Waals surface area (Å²) in [5.41, 5.74) is 11.5. The first kappa shape index (κ1) is 16.2. The van der Waals surface area contributed by atoms with Gasteiger partial charge < -0.3 is 5.73 Å². The van der Waals surface area contributed by atoms with Gasteiger partial charge in [0.25, 0.3) is 0 Å². The fourth-order valence-corrected chi connectivity index (χ4v) is 3.89. The molecule has 1 fully saturated rings. The molecule has 0 saturated carbocycles. The molecule has 1 saturated heterocycles. The van der Waals surface area contributed by atoms with Crippen molar-refractivity contribution in [3.8, 4) is 0 Å². The van der Waals surface area contributed by atoms with Gasteiger partial charge in [0.1, 0.15) is 0 Å². The number of fused-ring (bicyclic) bond motifs is 1. The lowest BCUT2D eigenvalue weighted by Crippen LogP contribution is -2.24. The van der Waals surface area contributed by atoms with Crippen LogP contribution in [0.3, 0.4) is 0 Å². The van der Waals surface area contributed by atoms with Crippen molar-refractivity contribution in [2.75, 3.05) is 19.6 Å². The molecule has 1 aliphatic heterocycles. The topological polar surface area (TPSA) is 55.0 Å². The van der Waals surface area contributed by atoms with Gasteiger partial charge in [0.2, 0.25) is 0 Å². The first-order valence-electron chi connectivity index (χ1n) is 8.94. The smallest absolute Gasteiger partial charge is 0.0890 e. The molecule has 0 amide bonds. The van der Waals surface area contributed by atoms with Crippen LogP contribution in [0.1, 0.15) is 22.9 Å². The molecule has 2 heterocycles. The third-order valence-electron chi connectivity index (χ3n) is 5.26. The molecule has 25 heavy (non-hydrogen) atoms. The molecule has 4 nitrogen and oxygen atoms in total. The summed E-state index contributed by atoms with van der Waals surface area (Å²) >= 11 is 0. The lowest BCUT2D eigenvalue weighted by atomic mass is 9.89. The van der Waals surface area contributed by atoms with E-state index in [0.29, 0.717) is 11.8 Å². The summed E-state index contributed by atoms with van der Waals surface area (Å²) in [7, 11) is 0. The largest absolute Gasteiger partial charge is 0.330 e. The highest BCUT2D eigenvalue weighted by Gasteiger charge is 2.33. The number of nitrogens with two attached hydrogens (primary N) is 1. The number of para-hydroxylation sites is 2. The van der Waals surface area contributed by atoms with E-state index >= 15 is 0 Å².